The summed E-state index contributed by atoms with van der Waals surface area (Å²) in [5.41, 5.74) is 0. The number of rotatable bonds is 2. The van der Waals surface area contributed by atoms with Crippen molar-refractivity contribution in [2.24, 2.45) is 4.99 Å². The van der Waals surface area contributed by atoms with E-state index >= 15 is 0 Å². The molecule has 1 N–H and O–H groups in total. The van der Waals surface area contributed by atoms with Gasteiger partial charge in [-0.1, -0.05) is 12.2 Å². The summed E-state index contributed by atoms with van der Waals surface area (Å²) < 4.78 is 0. The minimum absolute atomic E-state index is 0.454. The smallest absolute Gasteiger partial charge is 0.0995 e. The van der Waals surface area contributed by atoms with Crippen LogP contribution in [0.3, 0.4) is 0 Å². The zero-order valence-corrected chi connectivity index (χ0v) is 6.10. The summed E-state index contributed by atoms with van der Waals surface area (Å²) in [4.78, 5) is 4.29. The minimum Gasteiger partial charge on any atom is -0.381 e. The number of nitrogens with one attached hydrogen (secondary N) is 1. The molecule has 0 unspecified atom stereocenters. The van der Waals surface area contributed by atoms with Crippen LogP contribution in [-0.4, -0.2) is 23.7 Å². The predicted molar refractivity (Wildman–Crippen MR) is 41.6 cm³/mol. The number of likely N-dealkylation sites (N-methyl/N-ethyl adjacent to an activating group) is 1. The number of isothiocyanates is 1. The average Bonchev–Trinajstić information content (AvgIpc) is 1.83. The Balaban J connectivity index is 3.39. The van der Waals surface area contributed by atoms with Crippen LogP contribution in [-0.2, 0) is 0 Å². The van der Waals surface area contributed by atoms with E-state index in [2.05, 4.69) is 27.7 Å². The molecule has 0 rings (SSSR count). The zero-order valence-electron chi connectivity index (χ0n) is 4.47. The van der Waals surface area contributed by atoms with Crippen LogP contribution in [0.2, 0.25) is 0 Å². The maximum absolute atomic E-state index is 4.73. The molecule has 0 saturated carbocycles. The third-order valence-corrected chi connectivity index (χ3v) is 1.03. The number of hydrogen-bond acceptors (Lipinski definition) is 3. The van der Waals surface area contributed by atoms with Gasteiger partial charge in [0, 0.05) is 7.05 Å². The molecule has 0 aromatic rings. The van der Waals surface area contributed by atoms with Crippen LogP contribution in [0.5, 0.6) is 0 Å². The Labute approximate surface area is 59.0 Å². The topological polar surface area (TPSA) is 24.4 Å². The third kappa shape index (κ3) is 3.87. The molecule has 0 bridgehead atoms. The molecule has 0 aliphatic heterocycles. The molecule has 0 fully saturated rings. The molecule has 0 aliphatic carbocycles. The van der Waals surface area contributed by atoms with Gasteiger partial charge in [0.2, 0.25) is 0 Å². The highest BCUT2D eigenvalue weighted by atomic mass is 32.1. The molecule has 0 aliphatic rings. The van der Waals surface area contributed by atoms with Crippen molar-refractivity contribution in [1.29, 1.82) is 0 Å². The van der Waals surface area contributed by atoms with E-state index in [0.29, 0.717) is 11.5 Å². The second-order valence-corrected chi connectivity index (χ2v) is 1.76. The number of thiocarbonyl (C=S) groups is 2. The van der Waals surface area contributed by atoms with Crippen molar-refractivity contribution in [3.8, 4) is 0 Å². The van der Waals surface area contributed by atoms with Gasteiger partial charge < -0.3 is 5.32 Å². The second kappa shape index (κ2) is 4.84. The highest BCUT2D eigenvalue weighted by molar-refractivity contribution is 7.80. The highest BCUT2D eigenvalue weighted by Crippen LogP contribution is 1.70. The maximum atomic E-state index is 4.73. The van der Waals surface area contributed by atoms with Crippen molar-refractivity contribution in [3.63, 3.8) is 0 Å². The third-order valence-electron chi connectivity index (χ3n) is 0.566. The minimum atomic E-state index is 0.454. The molecule has 0 aromatic heterocycles. The van der Waals surface area contributed by atoms with Crippen molar-refractivity contribution in [3.05, 3.63) is 0 Å². The fourth-order valence-corrected chi connectivity index (χ4v) is 0.312. The monoisotopic (exact) mass is 146 g/mol. The summed E-state index contributed by atoms with van der Waals surface area (Å²) in [7, 11) is 1.75. The van der Waals surface area contributed by atoms with Gasteiger partial charge in [0.15, 0.2) is 0 Å². The zero-order chi connectivity index (χ0) is 6.41. The molecule has 0 amide bonds. The van der Waals surface area contributed by atoms with Gasteiger partial charge in [0.25, 0.3) is 0 Å². The molecular formula is C4H6N2S2. The Hall–Kier alpha value is -0.310. The van der Waals surface area contributed by atoms with Crippen LogP contribution >= 0.6 is 24.4 Å². The molecule has 0 radical (unpaired) electrons. The van der Waals surface area contributed by atoms with Crippen molar-refractivity contribution < 1.29 is 0 Å². The van der Waals surface area contributed by atoms with Crippen molar-refractivity contribution in [2.75, 3.05) is 13.6 Å². The van der Waals surface area contributed by atoms with Crippen LogP contribution in [0, 0.1) is 0 Å². The first-order valence-corrected chi connectivity index (χ1v) is 2.87. The van der Waals surface area contributed by atoms with E-state index < -0.39 is 0 Å². The van der Waals surface area contributed by atoms with Gasteiger partial charge in [-0.2, -0.15) is 0 Å². The lowest BCUT2D eigenvalue weighted by atomic mass is 10.6. The van der Waals surface area contributed by atoms with Gasteiger partial charge >= 0.3 is 0 Å². The SMILES string of the molecule is CNC(=S)CN=C=S. The Morgan fingerprint density at radius 2 is 2.50 bits per heavy atom. The van der Waals surface area contributed by atoms with E-state index in [4.69, 9.17) is 12.2 Å². The van der Waals surface area contributed by atoms with Crippen LogP contribution < -0.4 is 5.32 Å². The first-order chi connectivity index (χ1) is 3.81. The Morgan fingerprint density at radius 1 is 1.88 bits per heavy atom. The summed E-state index contributed by atoms with van der Waals surface area (Å²) in [6, 6.07) is 0. The van der Waals surface area contributed by atoms with E-state index in [-0.39, 0.29) is 0 Å². The fourth-order valence-electron chi connectivity index (χ4n) is 0.183. The molecule has 0 aromatic carbocycles. The summed E-state index contributed by atoms with van der Waals surface area (Å²) >= 11 is 9.04. The molecule has 8 heavy (non-hydrogen) atoms. The standard InChI is InChI=1S/C4H6N2S2/c1-5-4(8)2-6-3-7/h2H2,1H3,(H,5,8). The number of nitrogens with zero attached hydrogens (tertiary/aromatic N) is 1. The fraction of sp³-hybridized carbons (Fsp3) is 0.500. The molecular weight excluding hydrogens is 140 g/mol. The maximum Gasteiger partial charge on any atom is 0.0995 e. The summed E-state index contributed by atoms with van der Waals surface area (Å²) in [6.45, 7) is 0.454. The summed E-state index contributed by atoms with van der Waals surface area (Å²) in [6.07, 6.45) is 0. The largest absolute Gasteiger partial charge is 0.381 e. The van der Waals surface area contributed by atoms with E-state index in [0.717, 1.165) is 0 Å². The lowest BCUT2D eigenvalue weighted by Crippen LogP contribution is -2.17. The van der Waals surface area contributed by atoms with Crippen LogP contribution in [0.4, 0.5) is 0 Å². The molecule has 2 nitrogen and oxygen atoms in total. The summed E-state index contributed by atoms with van der Waals surface area (Å²) in [5.74, 6) is 0. The van der Waals surface area contributed by atoms with E-state index in [1.54, 1.807) is 7.05 Å². The molecule has 4 heteroatoms. The van der Waals surface area contributed by atoms with Gasteiger partial charge in [0.05, 0.1) is 16.7 Å². The lowest BCUT2D eigenvalue weighted by molar-refractivity contribution is 1.14. The molecule has 0 spiro atoms. The van der Waals surface area contributed by atoms with Gasteiger partial charge in [-0.25, -0.2) is 4.99 Å². The average molecular weight is 146 g/mol. The predicted octanol–water partition coefficient (Wildman–Crippen LogP) is 0.636. The van der Waals surface area contributed by atoms with E-state index in [9.17, 15) is 0 Å². The first kappa shape index (κ1) is 7.69. The second-order valence-electron chi connectivity index (χ2n) is 1.08. The van der Waals surface area contributed by atoms with Crippen molar-refractivity contribution >= 4 is 34.6 Å². The highest BCUT2D eigenvalue weighted by Gasteiger charge is 1.83. The van der Waals surface area contributed by atoms with Crippen LogP contribution in [0.25, 0.3) is 0 Å². The quantitative estimate of drug-likeness (QED) is 0.457. The van der Waals surface area contributed by atoms with Gasteiger partial charge in [-0.3, -0.25) is 0 Å². The van der Waals surface area contributed by atoms with E-state index in [1.807, 2.05) is 0 Å². The Kier molecular flexibility index (Phi) is 4.65. The molecule has 0 heterocycles. The van der Waals surface area contributed by atoms with Crippen molar-refractivity contribution in [1.82, 2.24) is 5.32 Å². The van der Waals surface area contributed by atoms with Gasteiger partial charge in [-0.05, 0) is 12.2 Å². The normalized spacial score (nSPS) is 7.12. The molecule has 44 valence electrons. The van der Waals surface area contributed by atoms with Crippen LogP contribution in [0.1, 0.15) is 0 Å². The Bertz CT molecular complexity index is 126. The van der Waals surface area contributed by atoms with Crippen LogP contribution in [0.15, 0.2) is 4.99 Å². The number of hydrogen-bond donors (Lipinski definition) is 1. The Morgan fingerprint density at radius 3 is 2.88 bits per heavy atom. The van der Waals surface area contributed by atoms with E-state index in [1.165, 1.54) is 0 Å². The van der Waals surface area contributed by atoms with Gasteiger partial charge in [0.1, 0.15) is 0 Å². The summed E-state index contributed by atoms with van der Waals surface area (Å²) in [5, 5.41) is 4.96. The van der Waals surface area contributed by atoms with Gasteiger partial charge in [-0.15, -0.1) is 0 Å². The first-order valence-electron chi connectivity index (χ1n) is 2.05. The van der Waals surface area contributed by atoms with Crippen molar-refractivity contribution in [2.45, 2.75) is 0 Å². The molecule has 0 atom stereocenters. The molecule has 0 saturated heterocycles. The lowest BCUT2D eigenvalue weighted by Gasteiger charge is -1.92. The number of aliphatic imine (C=N–C) groups is 1.